The van der Waals surface area contributed by atoms with E-state index in [0.717, 1.165) is 49.2 Å². The zero-order valence-corrected chi connectivity index (χ0v) is 28.0. The molecule has 2 amide bonds. The fraction of sp³-hybridized carbons (Fsp3) is 0.381. The summed E-state index contributed by atoms with van der Waals surface area (Å²) in [6.45, 7) is 3.61. The molecule has 1 unspecified atom stereocenters. The van der Waals surface area contributed by atoms with Crippen molar-refractivity contribution in [2.45, 2.75) is 69.1 Å². The maximum absolute atomic E-state index is 14.5. The summed E-state index contributed by atoms with van der Waals surface area (Å²) >= 11 is 0. The van der Waals surface area contributed by atoms with E-state index in [1.54, 1.807) is 0 Å². The molecule has 1 spiro atoms. The Kier molecular flexibility index (Phi) is 11.7. The van der Waals surface area contributed by atoms with Crippen molar-refractivity contribution in [1.82, 2.24) is 15.1 Å². The van der Waals surface area contributed by atoms with Crippen LogP contribution in [0.25, 0.3) is 0 Å². The summed E-state index contributed by atoms with van der Waals surface area (Å²) in [5.41, 5.74) is 3.85. The Balaban J connectivity index is 1.13. The van der Waals surface area contributed by atoms with E-state index in [4.69, 9.17) is 4.74 Å². The van der Waals surface area contributed by atoms with Gasteiger partial charge >= 0.3 is 0 Å². The molecule has 6 heteroatoms. The molecule has 0 bridgehead atoms. The number of carbonyl (C=O) groups excluding carboxylic acids is 2. The summed E-state index contributed by atoms with van der Waals surface area (Å²) in [6, 6.07) is 40.7. The van der Waals surface area contributed by atoms with Crippen LogP contribution in [0.2, 0.25) is 0 Å². The largest absolute Gasteiger partial charge is 0.374 e. The van der Waals surface area contributed by atoms with E-state index >= 15 is 0 Å². The van der Waals surface area contributed by atoms with Gasteiger partial charge in [-0.25, -0.2) is 0 Å². The fourth-order valence-electron chi connectivity index (χ4n) is 7.39. The van der Waals surface area contributed by atoms with Crippen LogP contribution in [0.15, 0.2) is 121 Å². The lowest BCUT2D eigenvalue weighted by molar-refractivity contribution is -0.163. The summed E-state index contributed by atoms with van der Waals surface area (Å²) < 4.78 is 6.02. The van der Waals surface area contributed by atoms with Crippen LogP contribution in [0.1, 0.15) is 66.7 Å². The number of carbonyl (C=O) groups is 2. The minimum atomic E-state index is -0.874. The first-order valence-electron chi connectivity index (χ1n) is 17.7. The number of aryl methyl sites for hydroxylation is 1. The second-order valence-electron chi connectivity index (χ2n) is 13.4. The van der Waals surface area contributed by atoms with Crippen LogP contribution in [-0.2, 0) is 27.4 Å². The normalized spacial score (nSPS) is 17.9. The van der Waals surface area contributed by atoms with Crippen molar-refractivity contribution in [3.8, 4) is 0 Å². The monoisotopic (exact) mass is 643 g/mol. The number of nitrogens with zero attached hydrogens (tertiary/aromatic N) is 2. The number of rotatable bonds is 15. The van der Waals surface area contributed by atoms with Crippen LogP contribution in [0.3, 0.4) is 0 Å². The van der Waals surface area contributed by atoms with Gasteiger partial charge in [-0.2, -0.15) is 0 Å². The Bertz CT molecular complexity index is 1520. The van der Waals surface area contributed by atoms with Crippen molar-refractivity contribution in [1.29, 1.82) is 0 Å². The third-order valence-corrected chi connectivity index (χ3v) is 10.2. The molecule has 250 valence electrons. The van der Waals surface area contributed by atoms with Crippen LogP contribution < -0.4 is 5.32 Å². The van der Waals surface area contributed by atoms with Gasteiger partial charge in [0.25, 0.3) is 0 Å². The number of piperazine rings is 1. The Morgan fingerprint density at radius 2 is 1.23 bits per heavy atom. The van der Waals surface area contributed by atoms with E-state index in [0.29, 0.717) is 26.0 Å². The number of amides is 2. The van der Waals surface area contributed by atoms with E-state index in [1.807, 2.05) is 71.6 Å². The molecule has 4 aromatic carbocycles. The highest BCUT2D eigenvalue weighted by Crippen LogP contribution is 2.37. The predicted molar refractivity (Wildman–Crippen MR) is 191 cm³/mol. The molecule has 1 N–H and O–H groups in total. The van der Waals surface area contributed by atoms with Crippen molar-refractivity contribution in [3.63, 3.8) is 0 Å². The summed E-state index contributed by atoms with van der Waals surface area (Å²) in [7, 11) is 0. The van der Waals surface area contributed by atoms with Gasteiger partial charge in [0.2, 0.25) is 11.8 Å². The molecule has 1 atom stereocenters. The van der Waals surface area contributed by atoms with Crippen LogP contribution in [0.4, 0.5) is 0 Å². The smallest absolute Gasteiger partial charge is 0.248 e. The standard InChI is InChI=1S/C42H49N3O3/c46-40-39(33-48-32-35-20-10-4-11-21-35)43-41(47)42(45(40)31-38(36-22-12-5-13-23-36)37-24-14-6-15-25-37)26-29-44(30-27-42)28-16-2-1-7-17-34-18-8-3-9-19-34/h3-6,8-15,18-25,38-39H,1-2,7,16-17,26-33H2,(H,43,47). The number of unbranched alkanes of at least 4 members (excludes halogenated alkanes) is 3. The molecule has 2 aliphatic heterocycles. The first-order valence-corrected chi connectivity index (χ1v) is 17.7. The number of piperidine rings is 1. The first-order chi connectivity index (χ1) is 23.6. The molecular weight excluding hydrogens is 594 g/mol. The van der Waals surface area contributed by atoms with E-state index in [9.17, 15) is 9.59 Å². The Morgan fingerprint density at radius 1 is 0.688 bits per heavy atom. The zero-order chi connectivity index (χ0) is 33.0. The molecule has 2 fully saturated rings. The molecule has 2 saturated heterocycles. The predicted octanol–water partition coefficient (Wildman–Crippen LogP) is 7.00. The summed E-state index contributed by atoms with van der Waals surface area (Å²) in [5.74, 6) is -0.152. The molecular formula is C42H49N3O3. The van der Waals surface area contributed by atoms with Gasteiger partial charge in [-0.1, -0.05) is 134 Å². The van der Waals surface area contributed by atoms with Gasteiger partial charge in [0.05, 0.1) is 13.2 Å². The fourth-order valence-corrected chi connectivity index (χ4v) is 7.39. The third-order valence-electron chi connectivity index (χ3n) is 10.2. The number of hydrogen-bond acceptors (Lipinski definition) is 4. The number of nitrogens with one attached hydrogen (secondary N) is 1. The summed E-state index contributed by atoms with van der Waals surface area (Å²) in [5, 5.41) is 3.12. The van der Waals surface area contributed by atoms with Crippen molar-refractivity contribution < 1.29 is 14.3 Å². The number of benzene rings is 4. The van der Waals surface area contributed by atoms with Gasteiger partial charge in [-0.3, -0.25) is 9.59 Å². The van der Waals surface area contributed by atoms with E-state index < -0.39 is 11.6 Å². The lowest BCUT2D eigenvalue weighted by atomic mass is 9.80. The first kappa shape index (κ1) is 33.6. The molecule has 4 aromatic rings. The van der Waals surface area contributed by atoms with E-state index in [2.05, 4.69) is 64.8 Å². The summed E-state index contributed by atoms with van der Waals surface area (Å²) in [6.07, 6.45) is 7.20. The van der Waals surface area contributed by atoms with Crippen molar-refractivity contribution in [2.24, 2.45) is 0 Å². The molecule has 6 rings (SSSR count). The number of likely N-dealkylation sites (tertiary alicyclic amines) is 1. The lowest BCUT2D eigenvalue weighted by Crippen LogP contribution is -2.73. The molecule has 0 radical (unpaired) electrons. The number of ether oxygens (including phenoxy) is 1. The Labute approximate surface area is 286 Å². The highest BCUT2D eigenvalue weighted by atomic mass is 16.5. The van der Waals surface area contributed by atoms with Crippen molar-refractivity contribution in [3.05, 3.63) is 144 Å². The van der Waals surface area contributed by atoms with Crippen LogP contribution in [0, 0.1) is 0 Å². The molecule has 48 heavy (non-hydrogen) atoms. The SMILES string of the molecule is O=C1C(COCc2ccccc2)NC(=O)C2(CCN(CCCCCCc3ccccc3)CC2)N1CC(c1ccccc1)c1ccccc1. The second-order valence-corrected chi connectivity index (χ2v) is 13.4. The molecule has 6 nitrogen and oxygen atoms in total. The molecule has 0 aromatic heterocycles. The quantitative estimate of drug-likeness (QED) is 0.142. The van der Waals surface area contributed by atoms with Crippen molar-refractivity contribution in [2.75, 3.05) is 32.8 Å². The highest BCUT2D eigenvalue weighted by Gasteiger charge is 2.54. The number of hydrogen-bond donors (Lipinski definition) is 1. The molecule has 2 heterocycles. The zero-order valence-electron chi connectivity index (χ0n) is 28.0. The average molecular weight is 644 g/mol. The molecule has 0 aliphatic carbocycles. The van der Waals surface area contributed by atoms with Gasteiger partial charge in [-0.05, 0) is 60.9 Å². The van der Waals surface area contributed by atoms with Crippen molar-refractivity contribution >= 4 is 11.8 Å². The van der Waals surface area contributed by atoms with Gasteiger partial charge in [-0.15, -0.1) is 0 Å². The van der Waals surface area contributed by atoms with Gasteiger partial charge in [0, 0.05) is 25.6 Å². The van der Waals surface area contributed by atoms with Crippen LogP contribution in [-0.4, -0.2) is 66.0 Å². The van der Waals surface area contributed by atoms with Crippen LogP contribution >= 0.6 is 0 Å². The topological polar surface area (TPSA) is 61.9 Å². The van der Waals surface area contributed by atoms with Gasteiger partial charge in [0.1, 0.15) is 11.6 Å². The molecule has 2 aliphatic rings. The van der Waals surface area contributed by atoms with E-state index in [1.165, 1.54) is 24.8 Å². The minimum Gasteiger partial charge on any atom is -0.374 e. The lowest BCUT2D eigenvalue weighted by Gasteiger charge is -2.52. The summed E-state index contributed by atoms with van der Waals surface area (Å²) in [4.78, 5) is 33.1. The van der Waals surface area contributed by atoms with Gasteiger partial charge in [0.15, 0.2) is 0 Å². The maximum Gasteiger partial charge on any atom is 0.248 e. The molecule has 0 saturated carbocycles. The maximum atomic E-state index is 14.5. The van der Waals surface area contributed by atoms with Gasteiger partial charge < -0.3 is 19.9 Å². The van der Waals surface area contributed by atoms with E-state index in [-0.39, 0.29) is 24.3 Å². The Hall–Kier alpha value is -4.26. The Morgan fingerprint density at radius 3 is 1.83 bits per heavy atom. The minimum absolute atomic E-state index is 0.0455. The average Bonchev–Trinajstić information content (AvgIpc) is 3.14. The highest BCUT2D eigenvalue weighted by molar-refractivity contribution is 6.00. The third kappa shape index (κ3) is 8.41. The second kappa shape index (κ2) is 16.7. The van der Waals surface area contributed by atoms with Crippen LogP contribution in [0.5, 0.6) is 0 Å².